The highest BCUT2D eigenvalue weighted by Gasteiger charge is 2.31. The van der Waals surface area contributed by atoms with Crippen LogP contribution in [-0.4, -0.2) is 94.2 Å². The topological polar surface area (TPSA) is 263 Å². The Hall–Kier alpha value is -3.30. The van der Waals surface area contributed by atoms with Crippen LogP contribution in [0.4, 0.5) is 0 Å². The molecule has 0 unspecified atom stereocenters. The molecule has 0 saturated heterocycles. The second kappa shape index (κ2) is 14.8. The molecule has 194 valence electrons. The molecule has 15 nitrogen and oxygen atoms in total. The lowest BCUT2D eigenvalue weighted by Crippen LogP contribution is -2.58. The van der Waals surface area contributed by atoms with Crippen LogP contribution in [0.5, 0.6) is 0 Å². The molecule has 0 fully saturated rings. The summed E-state index contributed by atoms with van der Waals surface area (Å²) in [4.78, 5) is 71.0. The van der Waals surface area contributed by atoms with Gasteiger partial charge in [-0.05, 0) is 12.8 Å². The first-order chi connectivity index (χ1) is 15.7. The van der Waals surface area contributed by atoms with E-state index in [1.807, 2.05) is 0 Å². The normalized spacial score (nSPS) is 16.1. The van der Waals surface area contributed by atoms with Gasteiger partial charge in [-0.2, -0.15) is 0 Å². The lowest BCUT2D eigenvalue weighted by atomic mass is 9.98. The van der Waals surface area contributed by atoms with Crippen molar-refractivity contribution in [3.63, 3.8) is 0 Å². The second-order valence-electron chi connectivity index (χ2n) is 7.73. The quantitative estimate of drug-likeness (QED) is 0.106. The Morgan fingerprint density at radius 2 is 1.50 bits per heavy atom. The summed E-state index contributed by atoms with van der Waals surface area (Å²) >= 11 is 0. The third-order valence-electron chi connectivity index (χ3n) is 4.85. The third kappa shape index (κ3) is 10.5. The van der Waals surface area contributed by atoms with Gasteiger partial charge in [0.1, 0.15) is 18.1 Å². The number of carboxylic acid groups (broad SMARTS) is 1. The molecule has 0 aliphatic heterocycles. The van der Waals surface area contributed by atoms with Crippen molar-refractivity contribution in [2.45, 2.75) is 63.9 Å². The Labute approximate surface area is 196 Å². The summed E-state index contributed by atoms with van der Waals surface area (Å²) in [5.74, 6) is -6.25. The number of hydrogen-bond acceptors (Lipinski definition) is 9. The summed E-state index contributed by atoms with van der Waals surface area (Å²) < 4.78 is 0. The van der Waals surface area contributed by atoms with E-state index in [0.717, 1.165) is 0 Å². The Kier molecular flexibility index (Phi) is 13.3. The molecule has 6 atom stereocenters. The number of carbonyl (C=O) groups excluding carboxylic acids is 5. The van der Waals surface area contributed by atoms with Gasteiger partial charge < -0.3 is 48.1 Å². The van der Waals surface area contributed by atoms with Crippen LogP contribution >= 0.6 is 0 Å². The summed E-state index contributed by atoms with van der Waals surface area (Å²) in [7, 11) is 0. The average Bonchev–Trinajstić information content (AvgIpc) is 2.75. The van der Waals surface area contributed by atoms with Gasteiger partial charge in [0.25, 0.3) is 0 Å². The first-order valence-electron chi connectivity index (χ1n) is 10.5. The number of carboxylic acids is 1. The minimum absolute atomic E-state index is 0.427. The predicted molar refractivity (Wildman–Crippen MR) is 116 cm³/mol. The number of nitrogens with one attached hydrogen (secondary N) is 4. The maximum Gasteiger partial charge on any atom is 0.328 e. The van der Waals surface area contributed by atoms with Crippen LogP contribution in [0, 0.1) is 5.92 Å². The van der Waals surface area contributed by atoms with Gasteiger partial charge in [0.05, 0.1) is 31.7 Å². The largest absolute Gasteiger partial charge is 0.480 e. The van der Waals surface area contributed by atoms with Gasteiger partial charge in [-0.25, -0.2) is 4.79 Å². The fourth-order valence-corrected chi connectivity index (χ4v) is 2.63. The van der Waals surface area contributed by atoms with E-state index < -0.39 is 91.3 Å². The SMILES string of the molecule is CC[C@H](C)[C@H](NC(=O)CNC(=O)[C@@H](NC(=O)[C@@H](N)CC(N)=O)[C@@H](C)O)C(=O)N[C@@H](CO)C(=O)O. The lowest BCUT2D eigenvalue weighted by molar-refractivity contribution is -0.143. The fourth-order valence-electron chi connectivity index (χ4n) is 2.63. The molecule has 5 amide bonds. The molecule has 0 aromatic rings. The number of primary amides is 1. The molecule has 15 heteroatoms. The van der Waals surface area contributed by atoms with Gasteiger partial charge in [-0.15, -0.1) is 0 Å². The molecule has 0 aliphatic rings. The van der Waals surface area contributed by atoms with Gasteiger partial charge in [0.15, 0.2) is 0 Å². The number of nitrogens with two attached hydrogens (primary N) is 2. The zero-order chi connectivity index (χ0) is 26.6. The van der Waals surface area contributed by atoms with E-state index in [9.17, 15) is 33.9 Å². The molecule has 34 heavy (non-hydrogen) atoms. The molecular weight excluding hydrogens is 456 g/mol. The highest BCUT2D eigenvalue weighted by molar-refractivity contribution is 5.95. The van der Waals surface area contributed by atoms with Crippen LogP contribution in [-0.2, 0) is 28.8 Å². The molecule has 0 heterocycles. The standard InChI is InChI=1S/C19H34N6O9/c1-4-8(2)14(18(32)23-11(7-26)19(33)34)24-13(29)6-22-17(31)15(9(3)27)25-16(30)10(20)5-12(21)28/h8-11,14-15,26-27H,4-7,20H2,1-3H3,(H2,21,28)(H,22,31)(H,23,32)(H,24,29)(H,25,30)(H,33,34)/t8-,9+,10-,11-,14-,15-/m0/s1. The van der Waals surface area contributed by atoms with E-state index in [2.05, 4.69) is 21.3 Å². The number of aliphatic hydroxyl groups is 2. The summed E-state index contributed by atoms with van der Waals surface area (Å²) in [5.41, 5.74) is 10.5. The van der Waals surface area contributed by atoms with Crippen LogP contribution in [0.3, 0.4) is 0 Å². The van der Waals surface area contributed by atoms with Crippen LogP contribution in [0.15, 0.2) is 0 Å². The Morgan fingerprint density at radius 3 is 1.94 bits per heavy atom. The average molecular weight is 491 g/mol. The highest BCUT2D eigenvalue weighted by Crippen LogP contribution is 2.08. The summed E-state index contributed by atoms with van der Waals surface area (Å²) in [6.07, 6.45) is -1.44. The minimum atomic E-state index is -1.56. The van der Waals surface area contributed by atoms with Gasteiger partial charge in [-0.3, -0.25) is 24.0 Å². The molecule has 0 radical (unpaired) electrons. The lowest BCUT2D eigenvalue weighted by Gasteiger charge is -2.25. The van der Waals surface area contributed by atoms with Crippen molar-refractivity contribution in [3.05, 3.63) is 0 Å². The first-order valence-corrected chi connectivity index (χ1v) is 10.5. The molecule has 0 spiro atoms. The number of carbonyl (C=O) groups is 6. The molecule has 0 rings (SSSR count). The van der Waals surface area contributed by atoms with Crippen molar-refractivity contribution < 1.29 is 44.1 Å². The van der Waals surface area contributed by atoms with Crippen LogP contribution in [0.2, 0.25) is 0 Å². The predicted octanol–water partition coefficient (Wildman–Crippen LogP) is -4.74. The number of rotatable bonds is 15. The maximum absolute atomic E-state index is 12.4. The fraction of sp³-hybridized carbons (Fsp3) is 0.684. The van der Waals surface area contributed by atoms with E-state index in [1.54, 1.807) is 13.8 Å². The molecular formula is C19H34N6O9. The third-order valence-corrected chi connectivity index (χ3v) is 4.85. The molecule has 11 N–H and O–H groups in total. The van der Waals surface area contributed by atoms with E-state index in [4.69, 9.17) is 21.7 Å². The van der Waals surface area contributed by atoms with E-state index in [0.29, 0.717) is 6.42 Å². The van der Waals surface area contributed by atoms with Crippen molar-refractivity contribution in [2.24, 2.45) is 17.4 Å². The van der Waals surface area contributed by atoms with Crippen LogP contribution < -0.4 is 32.7 Å². The smallest absolute Gasteiger partial charge is 0.328 e. The van der Waals surface area contributed by atoms with Gasteiger partial charge in [-0.1, -0.05) is 20.3 Å². The Morgan fingerprint density at radius 1 is 0.912 bits per heavy atom. The number of amides is 5. The van der Waals surface area contributed by atoms with Gasteiger partial charge >= 0.3 is 5.97 Å². The van der Waals surface area contributed by atoms with Crippen molar-refractivity contribution in [2.75, 3.05) is 13.2 Å². The Balaban J connectivity index is 5.11. The van der Waals surface area contributed by atoms with Crippen molar-refractivity contribution in [1.82, 2.24) is 21.3 Å². The van der Waals surface area contributed by atoms with Crippen molar-refractivity contribution in [1.29, 1.82) is 0 Å². The first kappa shape index (κ1) is 30.7. The minimum Gasteiger partial charge on any atom is -0.480 e. The van der Waals surface area contributed by atoms with E-state index in [1.165, 1.54) is 6.92 Å². The Bertz CT molecular complexity index is 761. The number of aliphatic hydroxyl groups excluding tert-OH is 2. The molecule has 0 aromatic carbocycles. The maximum atomic E-state index is 12.4. The van der Waals surface area contributed by atoms with Crippen molar-refractivity contribution >= 4 is 35.5 Å². The van der Waals surface area contributed by atoms with Crippen LogP contribution in [0.25, 0.3) is 0 Å². The van der Waals surface area contributed by atoms with E-state index >= 15 is 0 Å². The van der Waals surface area contributed by atoms with Crippen molar-refractivity contribution in [3.8, 4) is 0 Å². The van der Waals surface area contributed by atoms with Gasteiger partial charge in [0.2, 0.25) is 29.5 Å². The summed E-state index contributed by atoms with van der Waals surface area (Å²) in [6.45, 7) is 3.07. The zero-order valence-electron chi connectivity index (χ0n) is 19.2. The number of aliphatic carboxylic acids is 1. The van der Waals surface area contributed by atoms with Gasteiger partial charge in [0, 0.05) is 0 Å². The highest BCUT2D eigenvalue weighted by atomic mass is 16.4. The molecule has 0 bridgehead atoms. The molecule has 0 aliphatic carbocycles. The van der Waals surface area contributed by atoms with E-state index in [-0.39, 0.29) is 0 Å². The molecule has 0 saturated carbocycles. The summed E-state index contributed by atoms with van der Waals surface area (Å²) in [5, 5.41) is 36.7. The monoisotopic (exact) mass is 490 g/mol. The zero-order valence-corrected chi connectivity index (χ0v) is 19.2. The molecule has 0 aromatic heterocycles. The second-order valence-corrected chi connectivity index (χ2v) is 7.73. The summed E-state index contributed by atoms with van der Waals surface area (Å²) in [6, 6.07) is -5.58. The number of hydrogen-bond donors (Lipinski definition) is 9. The van der Waals surface area contributed by atoms with Crippen LogP contribution in [0.1, 0.15) is 33.6 Å².